The van der Waals surface area contributed by atoms with Crippen molar-refractivity contribution in [3.05, 3.63) is 34.9 Å². The molecule has 1 fully saturated rings. The summed E-state index contributed by atoms with van der Waals surface area (Å²) < 4.78 is 5.30. The van der Waals surface area contributed by atoms with Gasteiger partial charge in [0.2, 0.25) is 5.91 Å². The number of carbonyl (C=O) groups excluding carboxylic acids is 1. The van der Waals surface area contributed by atoms with Gasteiger partial charge in [-0.3, -0.25) is 4.79 Å². The van der Waals surface area contributed by atoms with E-state index in [0.29, 0.717) is 44.2 Å². The number of halogens is 1. The predicted molar refractivity (Wildman–Crippen MR) is 74.8 cm³/mol. The summed E-state index contributed by atoms with van der Waals surface area (Å²) in [7, 11) is 0. The molecule has 5 heteroatoms. The van der Waals surface area contributed by atoms with Gasteiger partial charge >= 0.3 is 0 Å². The van der Waals surface area contributed by atoms with Gasteiger partial charge < -0.3 is 15.8 Å². The van der Waals surface area contributed by atoms with Crippen LogP contribution in [0.1, 0.15) is 18.4 Å². The molecular weight excluding hydrogens is 264 g/mol. The van der Waals surface area contributed by atoms with Crippen LogP contribution in [-0.4, -0.2) is 25.7 Å². The van der Waals surface area contributed by atoms with Crippen molar-refractivity contribution in [2.24, 2.45) is 11.1 Å². The Morgan fingerprint density at radius 2 is 1.95 bits per heavy atom. The third kappa shape index (κ3) is 3.47. The summed E-state index contributed by atoms with van der Waals surface area (Å²) in [6.07, 6.45) is 1.38. The Hall–Kier alpha value is -1.10. The highest BCUT2D eigenvalue weighted by Gasteiger charge is 2.38. The van der Waals surface area contributed by atoms with Gasteiger partial charge in [0.15, 0.2) is 0 Å². The molecule has 0 aliphatic carbocycles. The molecule has 0 bridgehead atoms. The molecule has 1 saturated heterocycles. The molecule has 4 nitrogen and oxygen atoms in total. The van der Waals surface area contributed by atoms with Crippen LogP contribution in [0.15, 0.2) is 24.3 Å². The van der Waals surface area contributed by atoms with Crippen LogP contribution in [0.5, 0.6) is 0 Å². The molecule has 104 valence electrons. The number of nitrogens with two attached hydrogens (primary N) is 1. The average Bonchev–Trinajstić information content (AvgIpc) is 2.47. The van der Waals surface area contributed by atoms with E-state index in [1.165, 1.54) is 0 Å². The Kier molecular flexibility index (Phi) is 4.80. The number of hydrogen-bond acceptors (Lipinski definition) is 3. The molecule has 0 atom stereocenters. The number of rotatable bonds is 4. The molecule has 1 aliphatic rings. The van der Waals surface area contributed by atoms with Crippen molar-refractivity contribution in [2.75, 3.05) is 19.8 Å². The minimum Gasteiger partial charge on any atom is -0.381 e. The summed E-state index contributed by atoms with van der Waals surface area (Å²) >= 11 is 5.82. The summed E-state index contributed by atoms with van der Waals surface area (Å²) in [5.74, 6) is 0.0215. The standard InChI is InChI=1S/C14H19ClN2O2/c15-12-3-1-11(2-4-12)9-17-13(18)14(10-16)5-7-19-8-6-14/h1-4H,5-10,16H2,(H,17,18). The number of carbonyl (C=O) groups is 1. The van der Waals surface area contributed by atoms with E-state index < -0.39 is 5.41 Å². The first-order valence-electron chi connectivity index (χ1n) is 6.47. The fourth-order valence-electron chi connectivity index (χ4n) is 2.26. The van der Waals surface area contributed by atoms with Crippen LogP contribution < -0.4 is 11.1 Å². The van der Waals surface area contributed by atoms with Crippen LogP contribution in [0.25, 0.3) is 0 Å². The van der Waals surface area contributed by atoms with Crippen LogP contribution in [0.3, 0.4) is 0 Å². The topological polar surface area (TPSA) is 64.4 Å². The van der Waals surface area contributed by atoms with Crippen molar-refractivity contribution < 1.29 is 9.53 Å². The normalized spacial score (nSPS) is 18.0. The average molecular weight is 283 g/mol. The largest absolute Gasteiger partial charge is 0.381 e. The number of benzene rings is 1. The monoisotopic (exact) mass is 282 g/mol. The highest BCUT2D eigenvalue weighted by molar-refractivity contribution is 6.30. The predicted octanol–water partition coefficient (Wildman–Crippen LogP) is 1.71. The van der Waals surface area contributed by atoms with E-state index in [1.807, 2.05) is 24.3 Å². The Bertz CT molecular complexity index is 428. The second-order valence-electron chi connectivity index (χ2n) is 4.91. The second kappa shape index (κ2) is 6.37. The van der Waals surface area contributed by atoms with Crippen LogP contribution in [0.2, 0.25) is 5.02 Å². The first-order chi connectivity index (χ1) is 9.16. The summed E-state index contributed by atoms with van der Waals surface area (Å²) in [5.41, 5.74) is 6.35. The van der Waals surface area contributed by atoms with Crippen molar-refractivity contribution >= 4 is 17.5 Å². The van der Waals surface area contributed by atoms with E-state index >= 15 is 0 Å². The van der Waals surface area contributed by atoms with Crippen LogP contribution in [-0.2, 0) is 16.1 Å². The molecule has 3 N–H and O–H groups in total. The van der Waals surface area contributed by atoms with E-state index in [1.54, 1.807) is 0 Å². The fraction of sp³-hybridized carbons (Fsp3) is 0.500. The summed E-state index contributed by atoms with van der Waals surface area (Å²) in [6.45, 7) is 2.07. The summed E-state index contributed by atoms with van der Waals surface area (Å²) in [6, 6.07) is 7.44. The van der Waals surface area contributed by atoms with Gasteiger partial charge in [-0.2, -0.15) is 0 Å². The Labute approximate surface area is 118 Å². The molecule has 0 spiro atoms. The minimum atomic E-state index is -0.468. The number of amides is 1. The number of nitrogens with one attached hydrogen (secondary N) is 1. The van der Waals surface area contributed by atoms with Crippen molar-refractivity contribution in [3.8, 4) is 0 Å². The Morgan fingerprint density at radius 1 is 1.32 bits per heavy atom. The lowest BCUT2D eigenvalue weighted by atomic mass is 9.79. The lowest BCUT2D eigenvalue weighted by Crippen LogP contribution is -2.48. The van der Waals surface area contributed by atoms with Crippen molar-refractivity contribution in [2.45, 2.75) is 19.4 Å². The van der Waals surface area contributed by atoms with Gasteiger partial charge in [0, 0.05) is 31.3 Å². The van der Waals surface area contributed by atoms with Crippen molar-refractivity contribution in [1.29, 1.82) is 0 Å². The molecule has 0 aromatic heterocycles. The smallest absolute Gasteiger partial charge is 0.227 e. The molecule has 19 heavy (non-hydrogen) atoms. The maximum Gasteiger partial charge on any atom is 0.227 e. The maximum atomic E-state index is 12.3. The molecule has 1 aliphatic heterocycles. The van der Waals surface area contributed by atoms with Gasteiger partial charge in [-0.25, -0.2) is 0 Å². The Balaban J connectivity index is 1.94. The number of hydrogen-bond donors (Lipinski definition) is 2. The van der Waals surface area contributed by atoms with Crippen molar-refractivity contribution in [3.63, 3.8) is 0 Å². The van der Waals surface area contributed by atoms with Gasteiger partial charge in [-0.05, 0) is 30.5 Å². The quantitative estimate of drug-likeness (QED) is 0.884. The van der Waals surface area contributed by atoms with Gasteiger partial charge in [-0.1, -0.05) is 23.7 Å². The third-order valence-corrected chi connectivity index (χ3v) is 3.94. The first kappa shape index (κ1) is 14.3. The molecule has 0 radical (unpaired) electrons. The van der Waals surface area contributed by atoms with E-state index in [4.69, 9.17) is 22.1 Å². The van der Waals surface area contributed by atoms with Crippen LogP contribution >= 0.6 is 11.6 Å². The molecule has 0 saturated carbocycles. The van der Waals surface area contributed by atoms with E-state index in [9.17, 15) is 4.79 Å². The van der Waals surface area contributed by atoms with Crippen molar-refractivity contribution in [1.82, 2.24) is 5.32 Å². The highest BCUT2D eigenvalue weighted by Crippen LogP contribution is 2.29. The SMILES string of the molecule is NCC1(C(=O)NCc2ccc(Cl)cc2)CCOCC1. The zero-order valence-electron chi connectivity index (χ0n) is 10.8. The molecule has 1 heterocycles. The highest BCUT2D eigenvalue weighted by atomic mass is 35.5. The molecule has 1 aromatic rings. The van der Waals surface area contributed by atoms with Gasteiger partial charge in [-0.15, -0.1) is 0 Å². The van der Waals surface area contributed by atoms with Crippen LogP contribution in [0, 0.1) is 5.41 Å². The molecule has 1 amide bonds. The van der Waals surface area contributed by atoms with E-state index in [-0.39, 0.29) is 5.91 Å². The first-order valence-corrected chi connectivity index (χ1v) is 6.85. The number of ether oxygens (including phenoxy) is 1. The lowest BCUT2D eigenvalue weighted by molar-refractivity contribution is -0.136. The van der Waals surface area contributed by atoms with Gasteiger partial charge in [0.1, 0.15) is 0 Å². The van der Waals surface area contributed by atoms with E-state index in [0.717, 1.165) is 5.56 Å². The third-order valence-electron chi connectivity index (χ3n) is 3.69. The molecule has 1 aromatic carbocycles. The fourth-order valence-corrected chi connectivity index (χ4v) is 2.38. The zero-order valence-corrected chi connectivity index (χ0v) is 11.6. The molecule has 2 rings (SSSR count). The Morgan fingerprint density at radius 3 is 2.53 bits per heavy atom. The summed E-state index contributed by atoms with van der Waals surface area (Å²) in [4.78, 5) is 12.3. The van der Waals surface area contributed by atoms with Gasteiger partial charge in [0.05, 0.1) is 5.41 Å². The van der Waals surface area contributed by atoms with Gasteiger partial charge in [0.25, 0.3) is 0 Å². The zero-order chi connectivity index (χ0) is 13.7. The summed E-state index contributed by atoms with van der Waals surface area (Å²) in [5, 5.41) is 3.65. The lowest BCUT2D eigenvalue weighted by Gasteiger charge is -2.34. The molecular formula is C14H19ClN2O2. The maximum absolute atomic E-state index is 12.3. The second-order valence-corrected chi connectivity index (χ2v) is 5.34. The molecule has 0 unspecified atom stereocenters. The van der Waals surface area contributed by atoms with Crippen LogP contribution in [0.4, 0.5) is 0 Å². The minimum absolute atomic E-state index is 0.0215. The van der Waals surface area contributed by atoms with E-state index in [2.05, 4.69) is 5.32 Å².